The summed E-state index contributed by atoms with van der Waals surface area (Å²) in [6.07, 6.45) is 1.65. The molecule has 0 aliphatic carbocycles. The number of hydrogen-bond acceptors (Lipinski definition) is 5. The highest BCUT2D eigenvalue weighted by atomic mass is 16.5. The second-order valence-corrected chi connectivity index (χ2v) is 7.31. The molecule has 1 aliphatic heterocycles. The van der Waals surface area contributed by atoms with Crippen LogP contribution in [-0.4, -0.2) is 42.4 Å². The Morgan fingerprint density at radius 1 is 1.07 bits per heavy atom. The molecule has 0 aromatic heterocycles. The molecular weight excluding hydrogens is 368 g/mol. The first-order chi connectivity index (χ1) is 14.0. The van der Waals surface area contributed by atoms with E-state index in [1.54, 1.807) is 24.3 Å². The first-order valence-electron chi connectivity index (χ1n) is 9.86. The van der Waals surface area contributed by atoms with Gasteiger partial charge in [-0.15, -0.1) is 0 Å². The van der Waals surface area contributed by atoms with Crippen molar-refractivity contribution in [2.75, 3.05) is 19.8 Å². The summed E-state index contributed by atoms with van der Waals surface area (Å²) in [7, 11) is 0. The predicted octanol–water partition coefficient (Wildman–Crippen LogP) is 3.90. The van der Waals surface area contributed by atoms with Gasteiger partial charge in [0.1, 0.15) is 5.75 Å². The lowest BCUT2D eigenvalue weighted by atomic mass is 10.1. The minimum Gasteiger partial charge on any atom is -0.494 e. The fourth-order valence-corrected chi connectivity index (χ4v) is 2.86. The van der Waals surface area contributed by atoms with Crippen LogP contribution in [0, 0.1) is 5.92 Å². The summed E-state index contributed by atoms with van der Waals surface area (Å²) in [6.45, 7) is 5.07. The molecule has 0 saturated carbocycles. The number of carbonyl (C=O) groups excluding carboxylic acids is 2. The zero-order chi connectivity index (χ0) is 20.6. The number of esters is 1. The number of hydrogen-bond donors (Lipinski definition) is 0. The Kier molecular flexibility index (Phi) is 7.00. The second kappa shape index (κ2) is 9.87. The average molecular weight is 394 g/mol. The van der Waals surface area contributed by atoms with Crippen molar-refractivity contribution in [2.24, 2.45) is 11.0 Å². The number of amides is 1. The number of benzene rings is 2. The summed E-state index contributed by atoms with van der Waals surface area (Å²) in [4.78, 5) is 24.5. The minimum absolute atomic E-state index is 0.335. The Balaban J connectivity index is 1.48. The number of nitrogens with zero attached hydrogens (tertiary/aromatic N) is 2. The topological polar surface area (TPSA) is 68.2 Å². The van der Waals surface area contributed by atoms with Gasteiger partial charge in [0, 0.05) is 6.42 Å². The van der Waals surface area contributed by atoms with Gasteiger partial charge in [-0.2, -0.15) is 5.10 Å². The smallest absolute Gasteiger partial charge is 0.338 e. The standard InChI is InChI=1S/C23H26N2O4/c1-17(2)13-15-28-20-10-8-19(9-11-20)23(27)29-16-22(26)25-14-12-21(24-25)18-6-4-3-5-7-18/h3-11,17H,12-16H2,1-2H3. The molecule has 152 valence electrons. The van der Waals surface area contributed by atoms with Gasteiger partial charge >= 0.3 is 5.97 Å². The van der Waals surface area contributed by atoms with Gasteiger partial charge in [0.15, 0.2) is 6.61 Å². The van der Waals surface area contributed by atoms with Crippen molar-refractivity contribution in [3.05, 3.63) is 65.7 Å². The molecular formula is C23H26N2O4. The third-order valence-corrected chi connectivity index (χ3v) is 4.58. The molecule has 1 aliphatic rings. The molecule has 0 unspecified atom stereocenters. The zero-order valence-corrected chi connectivity index (χ0v) is 16.8. The van der Waals surface area contributed by atoms with Crippen LogP contribution in [-0.2, 0) is 9.53 Å². The number of ether oxygens (including phenoxy) is 2. The summed E-state index contributed by atoms with van der Waals surface area (Å²) in [5.74, 6) is 0.403. The van der Waals surface area contributed by atoms with E-state index in [0.29, 0.717) is 36.8 Å². The largest absolute Gasteiger partial charge is 0.494 e. The lowest BCUT2D eigenvalue weighted by Crippen LogP contribution is -2.28. The molecule has 0 atom stereocenters. The van der Waals surface area contributed by atoms with Crippen LogP contribution >= 0.6 is 0 Å². The maximum Gasteiger partial charge on any atom is 0.338 e. The maximum absolute atomic E-state index is 12.3. The van der Waals surface area contributed by atoms with E-state index in [1.807, 2.05) is 30.3 Å². The lowest BCUT2D eigenvalue weighted by Gasteiger charge is -2.12. The van der Waals surface area contributed by atoms with Crippen LogP contribution in [0.25, 0.3) is 0 Å². The number of hydrazone groups is 1. The minimum atomic E-state index is -0.543. The van der Waals surface area contributed by atoms with Crippen LogP contribution in [0.2, 0.25) is 0 Å². The Morgan fingerprint density at radius 3 is 2.48 bits per heavy atom. The van der Waals surface area contributed by atoms with E-state index in [-0.39, 0.29) is 12.5 Å². The molecule has 0 fully saturated rings. The van der Waals surface area contributed by atoms with Crippen molar-refractivity contribution in [3.8, 4) is 5.75 Å². The molecule has 2 aromatic rings. The summed E-state index contributed by atoms with van der Waals surface area (Å²) in [6, 6.07) is 16.5. The van der Waals surface area contributed by atoms with E-state index in [4.69, 9.17) is 9.47 Å². The first kappa shape index (κ1) is 20.6. The van der Waals surface area contributed by atoms with E-state index < -0.39 is 5.97 Å². The third kappa shape index (κ3) is 5.91. The van der Waals surface area contributed by atoms with Crippen molar-refractivity contribution >= 4 is 17.6 Å². The molecule has 1 heterocycles. The van der Waals surface area contributed by atoms with Gasteiger partial charge in [0.2, 0.25) is 0 Å². The Hall–Kier alpha value is -3.15. The SMILES string of the molecule is CC(C)CCOc1ccc(C(=O)OCC(=O)N2CCC(c3ccccc3)=N2)cc1. The fourth-order valence-electron chi connectivity index (χ4n) is 2.86. The fraction of sp³-hybridized carbons (Fsp3) is 0.348. The van der Waals surface area contributed by atoms with E-state index in [9.17, 15) is 9.59 Å². The van der Waals surface area contributed by atoms with Gasteiger partial charge in [-0.25, -0.2) is 9.80 Å². The highest BCUT2D eigenvalue weighted by molar-refractivity contribution is 6.02. The van der Waals surface area contributed by atoms with Crippen molar-refractivity contribution in [3.63, 3.8) is 0 Å². The summed E-state index contributed by atoms with van der Waals surface area (Å²) >= 11 is 0. The van der Waals surface area contributed by atoms with E-state index in [2.05, 4.69) is 18.9 Å². The van der Waals surface area contributed by atoms with Gasteiger partial charge in [-0.3, -0.25) is 4.79 Å². The first-order valence-corrected chi connectivity index (χ1v) is 9.86. The van der Waals surface area contributed by atoms with Crippen LogP contribution in [0.3, 0.4) is 0 Å². The van der Waals surface area contributed by atoms with Crippen LogP contribution in [0.5, 0.6) is 5.75 Å². The maximum atomic E-state index is 12.3. The molecule has 6 heteroatoms. The molecule has 1 amide bonds. The third-order valence-electron chi connectivity index (χ3n) is 4.58. The Labute approximate surface area is 171 Å². The Bertz CT molecular complexity index is 860. The van der Waals surface area contributed by atoms with E-state index >= 15 is 0 Å². The predicted molar refractivity (Wildman–Crippen MR) is 111 cm³/mol. The molecule has 29 heavy (non-hydrogen) atoms. The quantitative estimate of drug-likeness (QED) is 0.637. The van der Waals surface area contributed by atoms with Crippen LogP contribution in [0.4, 0.5) is 0 Å². The molecule has 2 aromatic carbocycles. The molecule has 6 nitrogen and oxygen atoms in total. The highest BCUT2D eigenvalue weighted by Crippen LogP contribution is 2.16. The molecule has 0 radical (unpaired) electrons. The molecule has 0 N–H and O–H groups in total. The molecule has 0 saturated heterocycles. The average Bonchev–Trinajstić information content (AvgIpc) is 3.23. The summed E-state index contributed by atoms with van der Waals surface area (Å²) < 4.78 is 10.8. The number of rotatable bonds is 8. The summed E-state index contributed by atoms with van der Waals surface area (Å²) in [5, 5.41) is 5.72. The van der Waals surface area contributed by atoms with E-state index in [1.165, 1.54) is 5.01 Å². The van der Waals surface area contributed by atoms with Gasteiger partial charge < -0.3 is 9.47 Å². The zero-order valence-electron chi connectivity index (χ0n) is 16.8. The lowest BCUT2D eigenvalue weighted by molar-refractivity contribution is -0.134. The normalized spacial score (nSPS) is 13.3. The van der Waals surface area contributed by atoms with Gasteiger partial charge in [-0.05, 0) is 42.2 Å². The molecule has 3 rings (SSSR count). The monoisotopic (exact) mass is 394 g/mol. The summed E-state index contributed by atoms with van der Waals surface area (Å²) in [5.41, 5.74) is 2.23. The van der Waals surface area contributed by atoms with Crippen LogP contribution in [0.1, 0.15) is 42.6 Å². The van der Waals surface area contributed by atoms with E-state index in [0.717, 1.165) is 17.7 Å². The molecule has 0 spiro atoms. The highest BCUT2D eigenvalue weighted by Gasteiger charge is 2.22. The van der Waals surface area contributed by atoms with Crippen LogP contribution in [0.15, 0.2) is 59.7 Å². The van der Waals surface area contributed by atoms with Gasteiger partial charge in [0.05, 0.1) is 24.4 Å². The van der Waals surface area contributed by atoms with Gasteiger partial charge in [0.25, 0.3) is 5.91 Å². The van der Waals surface area contributed by atoms with Crippen molar-refractivity contribution in [2.45, 2.75) is 26.7 Å². The van der Waals surface area contributed by atoms with Crippen LogP contribution < -0.4 is 4.74 Å². The molecule has 0 bridgehead atoms. The van der Waals surface area contributed by atoms with Crippen molar-refractivity contribution < 1.29 is 19.1 Å². The number of carbonyl (C=O) groups is 2. The second-order valence-electron chi connectivity index (χ2n) is 7.31. The van der Waals surface area contributed by atoms with Crippen molar-refractivity contribution in [1.29, 1.82) is 0 Å². The van der Waals surface area contributed by atoms with Crippen molar-refractivity contribution in [1.82, 2.24) is 5.01 Å². The Morgan fingerprint density at radius 2 is 1.79 bits per heavy atom. The van der Waals surface area contributed by atoms with Gasteiger partial charge in [-0.1, -0.05) is 44.2 Å².